The summed E-state index contributed by atoms with van der Waals surface area (Å²) in [4.78, 5) is 4.25. The molecule has 0 bridgehead atoms. The number of nitrogen functional groups attached to an aromatic ring is 1. The first-order valence-electron chi connectivity index (χ1n) is 5.65. The molecule has 1 saturated heterocycles. The number of hydrogen-bond acceptors (Lipinski definition) is 3. The number of nitrogens with zero attached hydrogens (tertiary/aromatic N) is 2. The summed E-state index contributed by atoms with van der Waals surface area (Å²) < 4.78 is 13.9. The zero-order chi connectivity index (χ0) is 12.4. The molecule has 100 valence electrons. The summed E-state index contributed by atoms with van der Waals surface area (Å²) >= 11 is 0. The largest absolute Gasteiger partial charge is 0.384 e. The summed E-state index contributed by atoms with van der Waals surface area (Å²) in [5.41, 5.74) is 6.36. The van der Waals surface area contributed by atoms with Crippen molar-refractivity contribution >= 4 is 23.9 Å². The monoisotopic (exact) mass is 272 g/mol. The molecule has 0 atom stereocenters. The molecule has 0 amide bonds. The van der Waals surface area contributed by atoms with Crippen LogP contribution in [-0.4, -0.2) is 44.0 Å². The molecule has 1 aliphatic heterocycles. The maximum Gasteiger partial charge on any atom is 0.147 e. The van der Waals surface area contributed by atoms with E-state index in [4.69, 9.17) is 11.1 Å². The molecule has 1 heterocycles. The minimum Gasteiger partial charge on any atom is -0.384 e. The Bertz CT molecular complexity index is 430. The first-order valence-corrected chi connectivity index (χ1v) is 5.65. The van der Waals surface area contributed by atoms with Crippen LogP contribution < -0.4 is 10.6 Å². The van der Waals surface area contributed by atoms with E-state index in [9.17, 15) is 4.39 Å². The van der Waals surface area contributed by atoms with Gasteiger partial charge in [-0.1, -0.05) is 0 Å². The fourth-order valence-electron chi connectivity index (χ4n) is 1.98. The molecule has 1 aliphatic rings. The normalized spacial score (nSPS) is 16.2. The molecule has 0 spiro atoms. The van der Waals surface area contributed by atoms with Gasteiger partial charge in [0.15, 0.2) is 0 Å². The van der Waals surface area contributed by atoms with Gasteiger partial charge in [0.25, 0.3) is 0 Å². The summed E-state index contributed by atoms with van der Waals surface area (Å²) in [7, 11) is 2.06. The van der Waals surface area contributed by atoms with Gasteiger partial charge in [-0.3, -0.25) is 5.41 Å². The van der Waals surface area contributed by atoms with Crippen LogP contribution in [0.4, 0.5) is 10.1 Å². The average Bonchev–Trinajstić information content (AvgIpc) is 2.30. The molecule has 3 N–H and O–H groups in total. The van der Waals surface area contributed by atoms with Gasteiger partial charge in [-0.2, -0.15) is 0 Å². The number of amidine groups is 1. The van der Waals surface area contributed by atoms with Crippen molar-refractivity contribution in [3.8, 4) is 0 Å². The lowest BCUT2D eigenvalue weighted by atomic mass is 10.1. The third kappa shape index (κ3) is 3.11. The van der Waals surface area contributed by atoms with E-state index in [0.717, 1.165) is 26.2 Å². The fourth-order valence-corrected chi connectivity index (χ4v) is 1.98. The van der Waals surface area contributed by atoms with Gasteiger partial charge in [0, 0.05) is 31.7 Å². The van der Waals surface area contributed by atoms with Gasteiger partial charge in [0.05, 0.1) is 5.69 Å². The van der Waals surface area contributed by atoms with E-state index in [-0.39, 0.29) is 24.1 Å². The van der Waals surface area contributed by atoms with Gasteiger partial charge in [0.1, 0.15) is 11.7 Å². The van der Waals surface area contributed by atoms with E-state index in [1.54, 1.807) is 12.1 Å². The molecule has 1 aromatic carbocycles. The van der Waals surface area contributed by atoms with Crippen molar-refractivity contribution in [2.45, 2.75) is 0 Å². The van der Waals surface area contributed by atoms with E-state index < -0.39 is 0 Å². The SMILES string of the molecule is CN1CCN(c2ccc(C(=N)N)cc2F)CC1.Cl. The first kappa shape index (κ1) is 14.7. The summed E-state index contributed by atoms with van der Waals surface area (Å²) in [5, 5.41) is 7.26. The molecular formula is C12H18ClFN4. The molecule has 4 nitrogen and oxygen atoms in total. The van der Waals surface area contributed by atoms with Crippen LogP contribution in [0.1, 0.15) is 5.56 Å². The Hall–Kier alpha value is -1.33. The number of nitrogens with two attached hydrogens (primary N) is 1. The second-order valence-electron chi connectivity index (χ2n) is 4.37. The van der Waals surface area contributed by atoms with Crippen LogP contribution in [0.15, 0.2) is 18.2 Å². The van der Waals surface area contributed by atoms with E-state index in [0.29, 0.717) is 11.3 Å². The molecule has 0 saturated carbocycles. The summed E-state index contributed by atoms with van der Waals surface area (Å²) in [6, 6.07) is 4.73. The van der Waals surface area contributed by atoms with Crippen molar-refractivity contribution in [3.63, 3.8) is 0 Å². The number of anilines is 1. The maximum absolute atomic E-state index is 13.9. The van der Waals surface area contributed by atoms with Crippen molar-refractivity contribution in [2.75, 3.05) is 38.1 Å². The fraction of sp³-hybridized carbons (Fsp3) is 0.417. The van der Waals surface area contributed by atoms with Crippen molar-refractivity contribution in [2.24, 2.45) is 5.73 Å². The standard InChI is InChI=1S/C12H17FN4.ClH/c1-16-4-6-17(7-5-16)11-3-2-9(12(14)15)8-10(11)13;/h2-3,8H,4-7H2,1H3,(H3,14,15);1H. The minimum atomic E-state index is -0.303. The van der Waals surface area contributed by atoms with Crippen LogP contribution in [0.5, 0.6) is 0 Å². The molecule has 18 heavy (non-hydrogen) atoms. The van der Waals surface area contributed by atoms with Gasteiger partial charge in [-0.05, 0) is 25.2 Å². The number of benzene rings is 1. The van der Waals surface area contributed by atoms with E-state index >= 15 is 0 Å². The second-order valence-corrected chi connectivity index (χ2v) is 4.37. The summed E-state index contributed by atoms with van der Waals surface area (Å²) in [5.74, 6) is -0.406. The highest BCUT2D eigenvalue weighted by Gasteiger charge is 2.17. The van der Waals surface area contributed by atoms with Crippen LogP contribution >= 0.6 is 12.4 Å². The lowest BCUT2D eigenvalue weighted by molar-refractivity contribution is 0.311. The Kier molecular flexibility index (Phi) is 4.93. The lowest BCUT2D eigenvalue weighted by Gasteiger charge is -2.34. The number of hydrogen-bond donors (Lipinski definition) is 2. The molecule has 0 radical (unpaired) electrons. The lowest BCUT2D eigenvalue weighted by Crippen LogP contribution is -2.44. The van der Waals surface area contributed by atoms with E-state index in [1.807, 2.05) is 4.90 Å². The van der Waals surface area contributed by atoms with Crippen LogP contribution in [0.25, 0.3) is 0 Å². The molecule has 0 aromatic heterocycles. The zero-order valence-electron chi connectivity index (χ0n) is 10.3. The third-order valence-electron chi connectivity index (χ3n) is 3.10. The smallest absolute Gasteiger partial charge is 0.147 e. The van der Waals surface area contributed by atoms with Crippen LogP contribution in [0.2, 0.25) is 0 Å². The zero-order valence-corrected chi connectivity index (χ0v) is 11.1. The predicted octanol–water partition coefficient (Wildman–Crippen LogP) is 1.28. The number of piperazine rings is 1. The Morgan fingerprint density at radius 3 is 2.39 bits per heavy atom. The van der Waals surface area contributed by atoms with Gasteiger partial charge in [-0.15, -0.1) is 12.4 Å². The molecule has 0 unspecified atom stereocenters. The molecule has 1 fully saturated rings. The number of likely N-dealkylation sites (N-methyl/N-ethyl adjacent to an activating group) is 1. The number of nitrogens with one attached hydrogen (secondary N) is 1. The van der Waals surface area contributed by atoms with Gasteiger partial charge in [0.2, 0.25) is 0 Å². The highest BCUT2D eigenvalue weighted by molar-refractivity contribution is 5.95. The second kappa shape index (κ2) is 6.02. The first-order chi connectivity index (χ1) is 8.08. The Balaban J connectivity index is 0.00000162. The molecule has 2 rings (SSSR count). The average molecular weight is 273 g/mol. The third-order valence-corrected chi connectivity index (χ3v) is 3.10. The minimum absolute atomic E-state index is 0. The van der Waals surface area contributed by atoms with E-state index in [1.165, 1.54) is 6.07 Å². The predicted molar refractivity (Wildman–Crippen MR) is 74.4 cm³/mol. The van der Waals surface area contributed by atoms with Gasteiger partial charge < -0.3 is 15.5 Å². The molecule has 6 heteroatoms. The van der Waals surface area contributed by atoms with E-state index in [2.05, 4.69) is 11.9 Å². The highest BCUT2D eigenvalue weighted by atomic mass is 35.5. The maximum atomic E-state index is 13.9. The van der Waals surface area contributed by atoms with Gasteiger partial charge in [-0.25, -0.2) is 4.39 Å². The number of halogens is 2. The Morgan fingerprint density at radius 1 is 1.28 bits per heavy atom. The van der Waals surface area contributed by atoms with Crippen LogP contribution in [0, 0.1) is 11.2 Å². The van der Waals surface area contributed by atoms with Gasteiger partial charge >= 0.3 is 0 Å². The molecule has 1 aromatic rings. The highest BCUT2D eigenvalue weighted by Crippen LogP contribution is 2.21. The quantitative estimate of drug-likeness (QED) is 0.630. The van der Waals surface area contributed by atoms with Crippen molar-refractivity contribution in [1.29, 1.82) is 5.41 Å². The number of rotatable bonds is 2. The van der Waals surface area contributed by atoms with Crippen molar-refractivity contribution in [1.82, 2.24) is 4.90 Å². The summed E-state index contributed by atoms with van der Waals surface area (Å²) in [6.45, 7) is 3.53. The van der Waals surface area contributed by atoms with Crippen LogP contribution in [0.3, 0.4) is 0 Å². The molecular weight excluding hydrogens is 255 g/mol. The van der Waals surface area contributed by atoms with Crippen LogP contribution in [-0.2, 0) is 0 Å². The van der Waals surface area contributed by atoms with Crippen molar-refractivity contribution < 1.29 is 4.39 Å². The van der Waals surface area contributed by atoms with Crippen molar-refractivity contribution in [3.05, 3.63) is 29.6 Å². The summed E-state index contributed by atoms with van der Waals surface area (Å²) in [6.07, 6.45) is 0. The topological polar surface area (TPSA) is 56.4 Å². The molecule has 0 aliphatic carbocycles. The Labute approximate surface area is 112 Å². The Morgan fingerprint density at radius 2 is 1.89 bits per heavy atom.